The van der Waals surface area contributed by atoms with E-state index in [1.807, 2.05) is 32.2 Å². The van der Waals surface area contributed by atoms with Gasteiger partial charge < -0.3 is 15.7 Å². The van der Waals surface area contributed by atoms with Gasteiger partial charge in [-0.1, -0.05) is 45.0 Å². The summed E-state index contributed by atoms with van der Waals surface area (Å²) in [6.45, 7) is 11.1. The molecule has 10 nitrogen and oxygen atoms in total. The van der Waals surface area contributed by atoms with E-state index in [1.54, 1.807) is 26.0 Å². The molecule has 1 fully saturated rings. The molecule has 10 heteroatoms. The Hall–Kier alpha value is -3.79. The van der Waals surface area contributed by atoms with Crippen molar-refractivity contribution in [2.75, 3.05) is 6.54 Å². The molecule has 0 spiro atoms. The van der Waals surface area contributed by atoms with Crippen LogP contribution < -0.4 is 16.1 Å². The molecule has 0 saturated carbocycles. The number of fused-ring (bicyclic) bond motifs is 1. The largest absolute Gasteiger partial charge is 0.480 e. The standard InChI is InChI=1S/C30H41N5O5/c1-7-20-10-11-21-17-31-23(16-22(21)15-20)12-13-30(5,6)29(40)33-25(18(2)3)26(36)32-19(4)27(37)35-14-8-9-24(34-35)28(38)39/h10-13,15-19,24-25,34H,7-9,14H2,1-6H3,(H,32,36)(H,33,40)(H,38,39). The summed E-state index contributed by atoms with van der Waals surface area (Å²) in [7, 11) is 0. The third-order valence-electron chi connectivity index (χ3n) is 7.19. The summed E-state index contributed by atoms with van der Waals surface area (Å²) in [5.74, 6) is -2.54. The molecule has 3 rings (SSSR count). The lowest BCUT2D eigenvalue weighted by Crippen LogP contribution is -2.61. The maximum atomic E-state index is 13.3. The van der Waals surface area contributed by atoms with E-state index in [9.17, 15) is 24.3 Å². The quantitative estimate of drug-likeness (QED) is 0.356. The summed E-state index contributed by atoms with van der Waals surface area (Å²) < 4.78 is 0. The SMILES string of the molecule is CCc1ccc2cnc(C=CC(C)(C)C(=O)NC(C(=O)NC(C)C(=O)N3CCCC(C(=O)O)N3)C(C)C)cc2c1. The Bertz CT molecular complexity index is 1290. The second kappa shape index (κ2) is 13.0. The molecule has 0 aliphatic carbocycles. The number of carboxylic acid groups (broad SMARTS) is 1. The van der Waals surface area contributed by atoms with Crippen LogP contribution in [0.3, 0.4) is 0 Å². The number of benzene rings is 1. The highest BCUT2D eigenvalue weighted by atomic mass is 16.4. The fourth-order valence-corrected chi connectivity index (χ4v) is 4.47. The average molecular weight is 552 g/mol. The Labute approximate surface area is 235 Å². The number of hydrazine groups is 1. The van der Waals surface area contributed by atoms with Crippen LogP contribution in [0.25, 0.3) is 16.8 Å². The van der Waals surface area contributed by atoms with Crippen LogP contribution in [0.1, 0.15) is 65.6 Å². The topological polar surface area (TPSA) is 141 Å². The number of hydrogen-bond acceptors (Lipinski definition) is 6. The monoisotopic (exact) mass is 551 g/mol. The van der Waals surface area contributed by atoms with Gasteiger partial charge >= 0.3 is 5.97 Å². The maximum Gasteiger partial charge on any atom is 0.322 e. The highest BCUT2D eigenvalue weighted by molar-refractivity contribution is 5.94. The van der Waals surface area contributed by atoms with Gasteiger partial charge in [-0.3, -0.25) is 29.2 Å². The Morgan fingerprint density at radius 2 is 1.88 bits per heavy atom. The summed E-state index contributed by atoms with van der Waals surface area (Å²) in [4.78, 5) is 55.1. The molecule has 0 bridgehead atoms. The number of hydrogen-bond donors (Lipinski definition) is 4. The molecule has 0 radical (unpaired) electrons. The van der Waals surface area contributed by atoms with Crippen LogP contribution >= 0.6 is 0 Å². The molecule has 3 amide bonds. The van der Waals surface area contributed by atoms with Crippen LogP contribution in [-0.2, 0) is 25.6 Å². The molecule has 4 N–H and O–H groups in total. The maximum absolute atomic E-state index is 13.3. The summed E-state index contributed by atoms with van der Waals surface area (Å²) in [6, 6.07) is 5.62. The fraction of sp³-hybridized carbons (Fsp3) is 0.500. The molecule has 3 unspecified atom stereocenters. The van der Waals surface area contributed by atoms with Crippen molar-refractivity contribution in [3.8, 4) is 0 Å². The van der Waals surface area contributed by atoms with Gasteiger partial charge in [0.2, 0.25) is 11.8 Å². The second-order valence-electron chi connectivity index (χ2n) is 11.3. The lowest BCUT2D eigenvalue weighted by molar-refractivity contribution is -0.148. The minimum Gasteiger partial charge on any atom is -0.480 e. The van der Waals surface area contributed by atoms with E-state index in [0.29, 0.717) is 19.4 Å². The summed E-state index contributed by atoms with van der Waals surface area (Å²) in [5, 5.41) is 18.1. The van der Waals surface area contributed by atoms with Crippen molar-refractivity contribution in [3.63, 3.8) is 0 Å². The highest BCUT2D eigenvalue weighted by Crippen LogP contribution is 2.22. The number of nitrogens with zero attached hydrogens (tertiary/aromatic N) is 2. The van der Waals surface area contributed by atoms with Gasteiger partial charge in [-0.15, -0.1) is 0 Å². The first-order chi connectivity index (χ1) is 18.8. The third-order valence-corrected chi connectivity index (χ3v) is 7.19. The van der Waals surface area contributed by atoms with Gasteiger partial charge in [-0.2, -0.15) is 0 Å². The normalized spacial score (nSPS) is 17.6. The second-order valence-corrected chi connectivity index (χ2v) is 11.3. The summed E-state index contributed by atoms with van der Waals surface area (Å²) >= 11 is 0. The minimum atomic E-state index is -1.03. The smallest absolute Gasteiger partial charge is 0.322 e. The zero-order valence-corrected chi connectivity index (χ0v) is 24.2. The molecule has 1 aromatic heterocycles. The number of aliphatic carboxylic acids is 1. The van der Waals surface area contributed by atoms with Crippen molar-refractivity contribution in [1.82, 2.24) is 26.1 Å². The third kappa shape index (κ3) is 7.65. The Morgan fingerprint density at radius 3 is 2.52 bits per heavy atom. The van der Waals surface area contributed by atoms with Crippen molar-refractivity contribution >= 4 is 40.5 Å². The first kappa shape index (κ1) is 30.7. The number of pyridine rings is 1. The van der Waals surface area contributed by atoms with E-state index in [1.165, 1.54) is 17.5 Å². The molecule has 1 aliphatic rings. The van der Waals surface area contributed by atoms with E-state index >= 15 is 0 Å². The molecule has 40 heavy (non-hydrogen) atoms. The molecule has 2 heterocycles. The number of amides is 3. The van der Waals surface area contributed by atoms with Crippen LogP contribution in [0, 0.1) is 11.3 Å². The van der Waals surface area contributed by atoms with Crippen LogP contribution in [0.2, 0.25) is 0 Å². The number of carbonyl (C=O) groups is 4. The van der Waals surface area contributed by atoms with Crippen LogP contribution in [-0.4, -0.2) is 63.5 Å². The Kier molecular flexibility index (Phi) is 10.0. The van der Waals surface area contributed by atoms with E-state index < -0.39 is 41.3 Å². The van der Waals surface area contributed by atoms with Crippen molar-refractivity contribution in [3.05, 3.63) is 47.8 Å². The van der Waals surface area contributed by atoms with Gasteiger partial charge in [-0.05, 0) is 69.0 Å². The molecule has 2 aromatic rings. The first-order valence-electron chi connectivity index (χ1n) is 13.8. The molecule has 3 atom stereocenters. The van der Waals surface area contributed by atoms with Crippen molar-refractivity contribution in [2.24, 2.45) is 11.3 Å². The van der Waals surface area contributed by atoms with E-state index in [2.05, 4.69) is 40.1 Å². The van der Waals surface area contributed by atoms with E-state index in [-0.39, 0.29) is 11.8 Å². The molecular formula is C30H41N5O5. The van der Waals surface area contributed by atoms with Gasteiger partial charge in [0.15, 0.2) is 0 Å². The van der Waals surface area contributed by atoms with Gasteiger partial charge in [0.05, 0.1) is 11.1 Å². The number of aryl methyl sites for hydroxylation is 1. The van der Waals surface area contributed by atoms with Crippen LogP contribution in [0.5, 0.6) is 0 Å². The fourth-order valence-electron chi connectivity index (χ4n) is 4.47. The molecule has 1 saturated heterocycles. The van der Waals surface area contributed by atoms with Gasteiger partial charge in [0.1, 0.15) is 18.1 Å². The lowest BCUT2D eigenvalue weighted by Gasteiger charge is -2.34. The minimum absolute atomic E-state index is 0.245. The first-order valence-corrected chi connectivity index (χ1v) is 13.8. The number of nitrogens with one attached hydrogen (secondary N) is 3. The zero-order chi connectivity index (χ0) is 29.6. The van der Waals surface area contributed by atoms with Crippen LogP contribution in [0.4, 0.5) is 0 Å². The zero-order valence-electron chi connectivity index (χ0n) is 24.2. The highest BCUT2D eigenvalue weighted by Gasteiger charge is 2.34. The van der Waals surface area contributed by atoms with E-state index in [4.69, 9.17) is 0 Å². The summed E-state index contributed by atoms with van der Waals surface area (Å²) in [6.07, 6.45) is 7.28. The summed E-state index contributed by atoms with van der Waals surface area (Å²) in [5.41, 5.74) is 3.72. The number of rotatable bonds is 10. The Balaban J connectivity index is 1.65. The van der Waals surface area contributed by atoms with Gasteiger partial charge in [0, 0.05) is 18.1 Å². The van der Waals surface area contributed by atoms with Crippen LogP contribution in [0.15, 0.2) is 36.5 Å². The molecule has 1 aromatic carbocycles. The van der Waals surface area contributed by atoms with Crippen molar-refractivity contribution in [1.29, 1.82) is 0 Å². The van der Waals surface area contributed by atoms with Gasteiger partial charge in [-0.25, -0.2) is 5.43 Å². The number of aromatic nitrogens is 1. The number of carbonyl (C=O) groups excluding carboxylic acids is 3. The lowest BCUT2D eigenvalue weighted by atomic mass is 9.90. The number of carboxylic acids is 1. The molecule has 1 aliphatic heterocycles. The van der Waals surface area contributed by atoms with Gasteiger partial charge in [0.25, 0.3) is 5.91 Å². The average Bonchev–Trinajstić information content (AvgIpc) is 2.93. The molecular weight excluding hydrogens is 510 g/mol. The van der Waals surface area contributed by atoms with Crippen molar-refractivity contribution < 1.29 is 24.3 Å². The van der Waals surface area contributed by atoms with Crippen molar-refractivity contribution in [2.45, 2.75) is 78.9 Å². The Morgan fingerprint density at radius 1 is 1.15 bits per heavy atom. The molecule has 216 valence electrons. The van der Waals surface area contributed by atoms with E-state index in [0.717, 1.165) is 22.9 Å². The predicted octanol–water partition coefficient (Wildman–Crippen LogP) is 3.06. The predicted molar refractivity (Wildman–Crippen MR) is 154 cm³/mol.